The summed E-state index contributed by atoms with van der Waals surface area (Å²) in [6.45, 7) is 10.8. The molecule has 0 aliphatic rings. The number of guanidine groups is 1. The molecule has 2 aromatic rings. The predicted octanol–water partition coefficient (Wildman–Crippen LogP) is 1.87. The molecule has 1 aromatic carbocycles. The van der Waals surface area contributed by atoms with Gasteiger partial charge in [-0.2, -0.15) is 0 Å². The first-order valence-electron chi connectivity index (χ1n) is 9.33. The van der Waals surface area contributed by atoms with Gasteiger partial charge in [-0.05, 0) is 38.5 Å². The summed E-state index contributed by atoms with van der Waals surface area (Å²) in [4.78, 5) is 4.52. The van der Waals surface area contributed by atoms with Crippen molar-refractivity contribution in [2.45, 2.75) is 39.5 Å². The van der Waals surface area contributed by atoms with E-state index in [1.165, 1.54) is 0 Å². The number of nitrogens with zero attached hydrogens (tertiary/aromatic N) is 4. The maximum absolute atomic E-state index is 10.5. The molecule has 1 aromatic heterocycles. The summed E-state index contributed by atoms with van der Waals surface area (Å²) >= 11 is 0. The minimum atomic E-state index is -0.705. The van der Waals surface area contributed by atoms with E-state index >= 15 is 0 Å². The number of hydrogen-bond acceptors (Lipinski definition) is 5. The lowest BCUT2D eigenvalue weighted by molar-refractivity contribution is 0.179. The highest BCUT2D eigenvalue weighted by Gasteiger charge is 2.11. The van der Waals surface area contributed by atoms with E-state index in [2.05, 4.69) is 32.4 Å². The quantitative estimate of drug-likeness (QED) is 0.346. The third kappa shape index (κ3) is 6.38. The maximum atomic E-state index is 10.5. The van der Waals surface area contributed by atoms with Gasteiger partial charge in [-0.3, -0.25) is 0 Å². The first-order chi connectivity index (χ1) is 13.4. The van der Waals surface area contributed by atoms with Gasteiger partial charge in [-0.15, -0.1) is 16.8 Å². The summed E-state index contributed by atoms with van der Waals surface area (Å²) in [6.07, 6.45) is 1.12. The van der Waals surface area contributed by atoms with Crippen molar-refractivity contribution >= 4 is 5.96 Å². The van der Waals surface area contributed by atoms with E-state index in [0.29, 0.717) is 25.6 Å². The topological polar surface area (TPSA) is 96.6 Å². The Hall–Kier alpha value is -2.87. The van der Waals surface area contributed by atoms with Crippen molar-refractivity contribution in [1.82, 2.24) is 25.4 Å². The Kier molecular flexibility index (Phi) is 8.01. The lowest BCUT2D eigenvalue weighted by Crippen LogP contribution is -2.39. The highest BCUT2D eigenvalue weighted by Crippen LogP contribution is 2.19. The monoisotopic (exact) mass is 386 g/mol. The molecule has 2 rings (SSSR count). The molecule has 0 amide bonds. The Balaban J connectivity index is 2.01. The van der Waals surface area contributed by atoms with Crippen molar-refractivity contribution in [3.8, 4) is 5.75 Å². The minimum Gasteiger partial charge on any atom is -0.491 e. The number of hydrogen-bond donors (Lipinski definition) is 3. The maximum Gasteiger partial charge on any atom is 0.192 e. The molecule has 0 aliphatic heterocycles. The molecule has 0 radical (unpaired) electrons. The zero-order valence-electron chi connectivity index (χ0n) is 17.0. The number of rotatable bonds is 9. The first kappa shape index (κ1) is 21.4. The molecular formula is C20H30N6O2. The van der Waals surface area contributed by atoms with Gasteiger partial charge < -0.3 is 25.0 Å². The number of aliphatic hydroxyl groups is 1. The molecule has 0 saturated heterocycles. The summed E-state index contributed by atoms with van der Waals surface area (Å²) in [5.41, 5.74) is 0.776. The van der Waals surface area contributed by atoms with Crippen LogP contribution >= 0.6 is 0 Å². The summed E-state index contributed by atoms with van der Waals surface area (Å²) in [7, 11) is 1.90. The van der Waals surface area contributed by atoms with Crippen LogP contribution in [0.15, 0.2) is 41.9 Å². The van der Waals surface area contributed by atoms with E-state index in [1.54, 1.807) is 6.08 Å². The fraction of sp³-hybridized carbons (Fsp3) is 0.450. The number of nitrogens with one attached hydrogen (secondary N) is 2. The van der Waals surface area contributed by atoms with Crippen molar-refractivity contribution in [3.63, 3.8) is 0 Å². The van der Waals surface area contributed by atoms with Gasteiger partial charge in [-0.25, -0.2) is 4.99 Å². The summed E-state index contributed by atoms with van der Waals surface area (Å²) in [5, 5.41) is 25.0. The standard InChI is InChI=1S/C20H30N6O2/c1-6-10-21-20(23-13-19-25-24-15(4)26(19)5)22-12-18(27)16-8-7-9-17(11-16)28-14(2)3/h6-9,11,14,18,27H,1,10,12-13H2,2-5H3,(H2,21,22,23). The van der Waals surface area contributed by atoms with Gasteiger partial charge in [0.15, 0.2) is 11.8 Å². The molecule has 1 unspecified atom stereocenters. The molecule has 3 N–H and O–H groups in total. The van der Waals surface area contributed by atoms with Crippen LogP contribution in [-0.4, -0.2) is 45.0 Å². The zero-order valence-corrected chi connectivity index (χ0v) is 17.0. The van der Waals surface area contributed by atoms with Crippen molar-refractivity contribution in [1.29, 1.82) is 0 Å². The van der Waals surface area contributed by atoms with Crippen LogP contribution in [0.2, 0.25) is 0 Å². The molecule has 0 saturated carbocycles. The van der Waals surface area contributed by atoms with E-state index in [-0.39, 0.29) is 6.10 Å². The normalized spacial score (nSPS) is 12.7. The zero-order chi connectivity index (χ0) is 20.5. The van der Waals surface area contributed by atoms with E-state index in [9.17, 15) is 5.11 Å². The summed E-state index contributed by atoms with van der Waals surface area (Å²) < 4.78 is 7.58. The highest BCUT2D eigenvalue weighted by atomic mass is 16.5. The second-order valence-corrected chi connectivity index (χ2v) is 6.69. The lowest BCUT2D eigenvalue weighted by atomic mass is 10.1. The van der Waals surface area contributed by atoms with E-state index < -0.39 is 6.10 Å². The van der Waals surface area contributed by atoms with Gasteiger partial charge in [0.1, 0.15) is 18.1 Å². The molecule has 8 nitrogen and oxygen atoms in total. The van der Waals surface area contributed by atoms with Crippen molar-refractivity contribution in [2.24, 2.45) is 12.0 Å². The van der Waals surface area contributed by atoms with Crippen LogP contribution in [0, 0.1) is 6.92 Å². The van der Waals surface area contributed by atoms with Crippen LogP contribution in [0.1, 0.15) is 37.2 Å². The predicted molar refractivity (Wildman–Crippen MR) is 110 cm³/mol. The van der Waals surface area contributed by atoms with Crippen LogP contribution in [0.25, 0.3) is 0 Å². The first-order valence-corrected chi connectivity index (χ1v) is 9.33. The molecule has 0 fully saturated rings. The van der Waals surface area contributed by atoms with Crippen molar-refractivity contribution in [2.75, 3.05) is 13.1 Å². The minimum absolute atomic E-state index is 0.0802. The largest absolute Gasteiger partial charge is 0.491 e. The Bertz CT molecular complexity index is 800. The molecular weight excluding hydrogens is 356 g/mol. The molecule has 28 heavy (non-hydrogen) atoms. The third-order valence-corrected chi connectivity index (χ3v) is 4.05. The van der Waals surface area contributed by atoms with Gasteiger partial charge in [0.2, 0.25) is 0 Å². The third-order valence-electron chi connectivity index (χ3n) is 4.05. The van der Waals surface area contributed by atoms with Crippen LogP contribution in [0.5, 0.6) is 5.75 Å². The molecule has 0 bridgehead atoms. The number of ether oxygens (including phenoxy) is 1. The molecule has 0 spiro atoms. The number of aliphatic imine (C=N–C) groups is 1. The average Bonchev–Trinajstić information content (AvgIpc) is 2.99. The average molecular weight is 387 g/mol. The number of benzene rings is 1. The van der Waals surface area contributed by atoms with Gasteiger partial charge in [0.05, 0.1) is 12.2 Å². The molecule has 0 aliphatic carbocycles. The van der Waals surface area contributed by atoms with Crippen LogP contribution < -0.4 is 15.4 Å². The van der Waals surface area contributed by atoms with Crippen LogP contribution in [-0.2, 0) is 13.6 Å². The van der Waals surface area contributed by atoms with E-state index in [0.717, 1.165) is 23.0 Å². The Morgan fingerprint density at radius 2 is 2.14 bits per heavy atom. The van der Waals surface area contributed by atoms with Crippen LogP contribution in [0.3, 0.4) is 0 Å². The van der Waals surface area contributed by atoms with Gasteiger partial charge in [0.25, 0.3) is 0 Å². The highest BCUT2D eigenvalue weighted by molar-refractivity contribution is 5.79. The van der Waals surface area contributed by atoms with Crippen molar-refractivity contribution in [3.05, 3.63) is 54.1 Å². The van der Waals surface area contributed by atoms with Gasteiger partial charge in [0, 0.05) is 20.1 Å². The van der Waals surface area contributed by atoms with Crippen molar-refractivity contribution < 1.29 is 9.84 Å². The van der Waals surface area contributed by atoms with Crippen LogP contribution in [0.4, 0.5) is 0 Å². The molecule has 1 atom stereocenters. The SMILES string of the molecule is C=CCNC(=NCc1nnc(C)n1C)NCC(O)c1cccc(OC(C)C)c1. The lowest BCUT2D eigenvalue weighted by Gasteiger charge is -2.17. The Morgan fingerprint density at radius 3 is 2.79 bits per heavy atom. The molecule has 8 heteroatoms. The Morgan fingerprint density at radius 1 is 1.36 bits per heavy atom. The summed E-state index contributed by atoms with van der Waals surface area (Å²) in [6, 6.07) is 7.47. The van der Waals surface area contributed by atoms with E-state index in [4.69, 9.17) is 4.74 Å². The van der Waals surface area contributed by atoms with Gasteiger partial charge >= 0.3 is 0 Å². The number of aromatic nitrogens is 3. The Labute approximate surface area is 166 Å². The molecule has 1 heterocycles. The number of aryl methyl sites for hydroxylation is 1. The fourth-order valence-electron chi connectivity index (χ4n) is 2.46. The smallest absolute Gasteiger partial charge is 0.192 e. The molecule has 152 valence electrons. The van der Waals surface area contributed by atoms with E-state index in [1.807, 2.05) is 56.7 Å². The van der Waals surface area contributed by atoms with Gasteiger partial charge in [-0.1, -0.05) is 18.2 Å². The second-order valence-electron chi connectivity index (χ2n) is 6.69. The number of aliphatic hydroxyl groups excluding tert-OH is 1. The second kappa shape index (κ2) is 10.5. The fourth-order valence-corrected chi connectivity index (χ4v) is 2.46. The summed E-state index contributed by atoms with van der Waals surface area (Å²) in [5.74, 6) is 2.89.